The molecule has 4 fully saturated rings. The second kappa shape index (κ2) is 7.51. The second-order valence-electron chi connectivity index (χ2n) is 12.1. The number of ether oxygens (including phenoxy) is 3. The Kier molecular flexibility index (Phi) is 5.03. The summed E-state index contributed by atoms with van der Waals surface area (Å²) in [6, 6.07) is 0. The molecule has 2 heterocycles. The van der Waals surface area contributed by atoms with Crippen LogP contribution in [-0.4, -0.2) is 68.4 Å². The topological polar surface area (TPSA) is 120 Å². The maximum Gasteiger partial charge on any atom is 0.433 e. The zero-order chi connectivity index (χ0) is 26.6. The fraction of sp³-hybridized carbons (Fsp3) is 0.667. The number of nitrogens with one attached hydrogen (secondary N) is 1. The highest BCUT2D eigenvalue weighted by Crippen LogP contribution is 2.72. The van der Waals surface area contributed by atoms with Crippen LogP contribution in [-0.2, 0) is 23.8 Å². The quantitative estimate of drug-likeness (QED) is 0.633. The van der Waals surface area contributed by atoms with E-state index in [2.05, 4.69) is 5.10 Å². The highest BCUT2D eigenvalue weighted by Gasteiger charge is 2.80. The predicted molar refractivity (Wildman–Crippen MR) is 127 cm³/mol. The molecule has 0 amide bonds. The molecular weight excluding hydrogens is 483 g/mol. The number of halogens is 1. The average molecular weight is 517 g/mol. The van der Waals surface area contributed by atoms with Crippen molar-refractivity contribution in [2.75, 3.05) is 6.61 Å². The lowest BCUT2D eigenvalue weighted by atomic mass is 9.44. The van der Waals surface area contributed by atoms with Crippen molar-refractivity contribution in [3.05, 3.63) is 36.2 Å². The molecule has 10 heteroatoms. The number of H-pyrrole nitrogens is 1. The van der Waals surface area contributed by atoms with Gasteiger partial charge in [0.15, 0.2) is 29.4 Å². The lowest BCUT2D eigenvalue weighted by Gasteiger charge is -2.62. The minimum Gasteiger partial charge on any atom is -0.440 e. The summed E-state index contributed by atoms with van der Waals surface area (Å²) >= 11 is 0. The van der Waals surface area contributed by atoms with Gasteiger partial charge in [-0.3, -0.25) is 14.7 Å². The van der Waals surface area contributed by atoms with Gasteiger partial charge in [-0.1, -0.05) is 18.6 Å². The highest BCUT2D eigenvalue weighted by atomic mass is 19.1. The van der Waals surface area contributed by atoms with E-state index < -0.39 is 64.5 Å². The van der Waals surface area contributed by atoms with Gasteiger partial charge in [-0.25, -0.2) is 9.18 Å². The molecule has 37 heavy (non-hydrogen) atoms. The summed E-state index contributed by atoms with van der Waals surface area (Å²) in [5.74, 6) is -2.66. The minimum atomic E-state index is -2.03. The number of carbonyl (C=O) groups excluding carboxylic acids is 3. The molecule has 5 aliphatic rings. The molecule has 6 rings (SSSR count). The lowest BCUT2D eigenvalue weighted by molar-refractivity contribution is -0.246. The van der Waals surface area contributed by atoms with Crippen molar-refractivity contribution in [3.8, 4) is 0 Å². The van der Waals surface area contributed by atoms with Crippen molar-refractivity contribution >= 4 is 17.7 Å². The smallest absolute Gasteiger partial charge is 0.433 e. The zero-order valence-corrected chi connectivity index (χ0v) is 21.5. The first-order valence-electron chi connectivity index (χ1n) is 12.9. The number of nitrogens with zero attached hydrogens (tertiary/aromatic N) is 1. The van der Waals surface area contributed by atoms with E-state index in [0.717, 1.165) is 4.68 Å². The van der Waals surface area contributed by atoms with Crippen LogP contribution in [0.25, 0.3) is 0 Å². The van der Waals surface area contributed by atoms with Gasteiger partial charge in [-0.05, 0) is 64.5 Å². The van der Waals surface area contributed by atoms with Crippen molar-refractivity contribution in [2.45, 2.75) is 82.6 Å². The van der Waals surface area contributed by atoms with Crippen molar-refractivity contribution in [3.63, 3.8) is 0 Å². The van der Waals surface area contributed by atoms with E-state index in [1.165, 1.54) is 18.3 Å². The predicted octanol–water partition coefficient (Wildman–Crippen LogP) is 3.24. The molecule has 1 aromatic rings. The fourth-order valence-electron chi connectivity index (χ4n) is 8.38. The fourth-order valence-corrected chi connectivity index (χ4v) is 8.38. The number of carbonyl (C=O) groups is 3. The number of rotatable bonds is 3. The van der Waals surface area contributed by atoms with E-state index in [9.17, 15) is 19.5 Å². The molecule has 0 bridgehead atoms. The number of aliphatic hydroxyl groups excluding tert-OH is 1. The number of aliphatic hydroxyl groups is 1. The van der Waals surface area contributed by atoms with Gasteiger partial charge in [0, 0.05) is 22.9 Å². The molecule has 0 radical (unpaired) electrons. The number of allylic oxidation sites excluding steroid dienone is 4. The van der Waals surface area contributed by atoms with Crippen LogP contribution in [0.5, 0.6) is 0 Å². The first kappa shape index (κ1) is 24.8. The Morgan fingerprint density at radius 2 is 2.00 bits per heavy atom. The van der Waals surface area contributed by atoms with Gasteiger partial charge in [0.25, 0.3) is 0 Å². The Morgan fingerprint density at radius 1 is 1.27 bits per heavy atom. The molecule has 0 spiro atoms. The third kappa shape index (κ3) is 2.97. The molecule has 1 aromatic heterocycles. The monoisotopic (exact) mass is 516 g/mol. The van der Waals surface area contributed by atoms with Gasteiger partial charge in [0.1, 0.15) is 0 Å². The summed E-state index contributed by atoms with van der Waals surface area (Å²) < 4.78 is 36.4. The summed E-state index contributed by atoms with van der Waals surface area (Å²) in [6.07, 6.45) is 5.95. The number of hydrogen-bond donors (Lipinski definition) is 2. The molecule has 9 nitrogen and oxygen atoms in total. The van der Waals surface area contributed by atoms with Crippen molar-refractivity contribution in [1.82, 2.24) is 9.78 Å². The zero-order valence-electron chi connectivity index (χ0n) is 21.5. The van der Waals surface area contributed by atoms with Crippen molar-refractivity contribution in [1.29, 1.82) is 0 Å². The van der Waals surface area contributed by atoms with Crippen LogP contribution in [0.15, 0.2) is 36.2 Å². The van der Waals surface area contributed by atoms with Crippen LogP contribution in [0.4, 0.5) is 9.18 Å². The maximum absolute atomic E-state index is 17.4. The summed E-state index contributed by atoms with van der Waals surface area (Å²) in [6.45, 7) is 6.53. The Morgan fingerprint density at radius 3 is 2.68 bits per heavy atom. The van der Waals surface area contributed by atoms with Crippen LogP contribution in [0, 0.1) is 22.7 Å². The molecule has 1 aliphatic heterocycles. The van der Waals surface area contributed by atoms with E-state index in [1.54, 1.807) is 33.0 Å². The number of aromatic amines is 1. The van der Waals surface area contributed by atoms with Crippen molar-refractivity contribution in [2.24, 2.45) is 22.7 Å². The van der Waals surface area contributed by atoms with E-state index in [-0.39, 0.29) is 18.1 Å². The van der Waals surface area contributed by atoms with Gasteiger partial charge in [0.2, 0.25) is 5.78 Å². The number of alkyl halides is 1. The van der Waals surface area contributed by atoms with E-state index >= 15 is 4.39 Å². The van der Waals surface area contributed by atoms with Gasteiger partial charge in [-0.15, -0.1) is 0 Å². The molecular formula is C27H33FN2O7. The van der Waals surface area contributed by atoms with Crippen LogP contribution >= 0.6 is 0 Å². The van der Waals surface area contributed by atoms with Gasteiger partial charge < -0.3 is 19.3 Å². The van der Waals surface area contributed by atoms with Crippen LogP contribution in [0.2, 0.25) is 0 Å². The average Bonchev–Trinajstić information content (AvgIpc) is 3.18. The number of aromatic nitrogens is 2. The van der Waals surface area contributed by atoms with Crippen LogP contribution < -0.4 is 0 Å². The first-order valence-corrected chi connectivity index (χ1v) is 12.9. The Labute approximate surface area is 214 Å². The standard InChI is InChI=1S/C27H33FN2O7/c1-23(2)36-21-12-18-17-6-5-15-11-16(31)7-8-24(15,3)26(17,28)19(32)13-25(18,4)27(21,37-23)20(33)14-35-22(34)30-10-9-29-30/h7-11,17-19,21,29,32H,5-6,12-14H2,1-4H3/t17-,18-,19-,21+,24-,25-,26?,27+/m0/s1. The van der Waals surface area contributed by atoms with Gasteiger partial charge in [0.05, 0.1) is 18.4 Å². The molecule has 1 saturated heterocycles. The number of fused-ring (bicyclic) bond motifs is 7. The molecule has 2 N–H and O–H groups in total. The molecule has 4 aliphatic carbocycles. The van der Waals surface area contributed by atoms with E-state index in [0.29, 0.717) is 24.8 Å². The van der Waals surface area contributed by atoms with Gasteiger partial charge >= 0.3 is 6.09 Å². The first-order chi connectivity index (χ1) is 17.3. The minimum absolute atomic E-state index is 0.0403. The number of hydrogen-bond acceptors (Lipinski definition) is 7. The molecule has 1 unspecified atom stereocenters. The van der Waals surface area contributed by atoms with E-state index in [4.69, 9.17) is 14.2 Å². The molecule has 8 atom stereocenters. The van der Waals surface area contributed by atoms with Crippen molar-refractivity contribution < 1.29 is 38.1 Å². The molecule has 200 valence electrons. The Balaban J connectivity index is 1.38. The number of ketones is 2. The molecule has 0 aromatic carbocycles. The normalized spacial score (nSPS) is 45.5. The number of Topliss-reactive ketones (excluding diaryl/α,β-unsaturated/α-hetero) is 1. The third-order valence-corrected chi connectivity index (χ3v) is 10.0. The largest absolute Gasteiger partial charge is 0.440 e. The summed E-state index contributed by atoms with van der Waals surface area (Å²) in [4.78, 5) is 38.2. The van der Waals surface area contributed by atoms with Crippen LogP contribution in [0.1, 0.15) is 53.4 Å². The summed E-state index contributed by atoms with van der Waals surface area (Å²) in [5.41, 5.74) is -4.96. The Bertz CT molecular complexity index is 1240. The second-order valence-corrected chi connectivity index (χ2v) is 12.1. The summed E-state index contributed by atoms with van der Waals surface area (Å²) in [7, 11) is 0. The van der Waals surface area contributed by atoms with E-state index in [1.807, 2.05) is 6.92 Å². The third-order valence-electron chi connectivity index (χ3n) is 10.0. The summed E-state index contributed by atoms with van der Waals surface area (Å²) in [5, 5.41) is 14.2. The maximum atomic E-state index is 17.4. The lowest BCUT2D eigenvalue weighted by Crippen LogP contribution is -2.70. The van der Waals surface area contributed by atoms with Gasteiger partial charge in [-0.2, -0.15) is 4.68 Å². The highest BCUT2D eigenvalue weighted by molar-refractivity contribution is 6.01. The Hall–Kier alpha value is -2.56. The van der Waals surface area contributed by atoms with Crippen LogP contribution in [0.3, 0.4) is 0 Å². The SMILES string of the molecule is CC1(C)O[C@@H]2C[C@H]3[C@@H]4CCC5=CC(=O)C=C[C@]5(C)C4(F)[C@@H](O)C[C@]3(C)[C@]2(C(=O)COC(=O)n2cc[nH]2)O1. The molecule has 3 saturated carbocycles.